The van der Waals surface area contributed by atoms with E-state index in [0.717, 1.165) is 17.1 Å². The molecule has 1 aromatic rings. The Labute approximate surface area is 90.6 Å². The summed E-state index contributed by atoms with van der Waals surface area (Å²) in [7, 11) is 3.24. The summed E-state index contributed by atoms with van der Waals surface area (Å²) >= 11 is 0. The van der Waals surface area contributed by atoms with Crippen molar-refractivity contribution in [3.05, 3.63) is 23.8 Å². The van der Waals surface area contributed by atoms with Gasteiger partial charge in [-0.1, -0.05) is 13.0 Å². The Hall–Kier alpha value is -1.22. The molecule has 0 spiro atoms. The molecule has 0 radical (unpaired) electrons. The Bertz CT molecular complexity index is 298. The number of methoxy groups -OCH3 is 2. The summed E-state index contributed by atoms with van der Waals surface area (Å²) < 4.78 is 10.5. The van der Waals surface area contributed by atoms with Crippen molar-refractivity contribution < 1.29 is 14.6 Å². The van der Waals surface area contributed by atoms with E-state index >= 15 is 0 Å². The van der Waals surface area contributed by atoms with Crippen molar-refractivity contribution in [1.29, 1.82) is 0 Å². The molecular formula is C12H18O3. The molecule has 3 heteroatoms. The van der Waals surface area contributed by atoms with Crippen LogP contribution in [0.4, 0.5) is 0 Å². The normalized spacial score (nSPS) is 14.5. The molecule has 0 aliphatic carbocycles. The van der Waals surface area contributed by atoms with E-state index in [0.29, 0.717) is 0 Å². The quantitative estimate of drug-likeness (QED) is 0.828. The topological polar surface area (TPSA) is 38.7 Å². The van der Waals surface area contributed by atoms with E-state index in [2.05, 4.69) is 0 Å². The van der Waals surface area contributed by atoms with Gasteiger partial charge in [-0.05, 0) is 19.1 Å². The zero-order chi connectivity index (χ0) is 11.4. The van der Waals surface area contributed by atoms with Crippen molar-refractivity contribution in [3.8, 4) is 11.5 Å². The van der Waals surface area contributed by atoms with Gasteiger partial charge in [0.25, 0.3) is 0 Å². The van der Waals surface area contributed by atoms with Crippen molar-refractivity contribution in [2.75, 3.05) is 14.2 Å². The Balaban J connectivity index is 3.21. The molecule has 1 N–H and O–H groups in total. The van der Waals surface area contributed by atoms with Crippen LogP contribution in [0, 0.1) is 0 Å². The fraction of sp³-hybridized carbons (Fsp3) is 0.500. The summed E-state index contributed by atoms with van der Waals surface area (Å²) in [4.78, 5) is 0. The molecule has 1 rings (SSSR count). The first-order valence-corrected chi connectivity index (χ1v) is 5.00. The molecule has 0 saturated carbocycles. The van der Waals surface area contributed by atoms with Gasteiger partial charge in [0.15, 0.2) is 0 Å². The average Bonchev–Trinajstić information content (AvgIpc) is 2.26. The van der Waals surface area contributed by atoms with E-state index in [9.17, 15) is 5.11 Å². The first-order chi connectivity index (χ1) is 7.11. The van der Waals surface area contributed by atoms with E-state index in [1.165, 1.54) is 0 Å². The number of aliphatic hydroxyl groups excluding tert-OH is 1. The van der Waals surface area contributed by atoms with E-state index in [4.69, 9.17) is 9.47 Å². The van der Waals surface area contributed by atoms with Gasteiger partial charge in [0.2, 0.25) is 0 Å². The summed E-state index contributed by atoms with van der Waals surface area (Å²) in [5, 5.41) is 9.60. The summed E-state index contributed by atoms with van der Waals surface area (Å²) in [5.41, 5.74) is 0.914. The number of benzene rings is 1. The molecule has 0 aliphatic rings. The molecule has 2 unspecified atom stereocenters. The molecule has 0 amide bonds. The zero-order valence-corrected chi connectivity index (χ0v) is 9.65. The first-order valence-electron chi connectivity index (χ1n) is 5.00. The molecule has 0 aliphatic heterocycles. The van der Waals surface area contributed by atoms with Gasteiger partial charge in [0.1, 0.15) is 11.5 Å². The summed E-state index contributed by atoms with van der Waals surface area (Å²) in [6.07, 6.45) is -0.435. The number of hydrogen-bond acceptors (Lipinski definition) is 3. The Kier molecular flexibility index (Phi) is 3.97. The second-order valence-electron chi connectivity index (χ2n) is 3.61. The predicted octanol–water partition coefficient (Wildman–Crippen LogP) is 2.19. The maximum Gasteiger partial charge on any atom is 0.126 e. The highest BCUT2D eigenvalue weighted by Crippen LogP contribution is 2.36. The van der Waals surface area contributed by atoms with Crippen LogP contribution >= 0.6 is 0 Å². The molecule has 15 heavy (non-hydrogen) atoms. The second kappa shape index (κ2) is 5.03. The molecular weight excluding hydrogens is 192 g/mol. The maximum atomic E-state index is 9.60. The highest BCUT2D eigenvalue weighted by molar-refractivity contribution is 5.47. The Morgan fingerprint density at radius 2 is 1.53 bits per heavy atom. The van der Waals surface area contributed by atoms with Crippen molar-refractivity contribution in [1.82, 2.24) is 0 Å². The highest BCUT2D eigenvalue weighted by atomic mass is 16.5. The lowest BCUT2D eigenvalue weighted by atomic mass is 9.94. The minimum atomic E-state index is -0.435. The predicted molar refractivity (Wildman–Crippen MR) is 59.6 cm³/mol. The third-order valence-corrected chi connectivity index (χ3v) is 2.64. The van der Waals surface area contributed by atoms with Crippen LogP contribution in [0.25, 0.3) is 0 Å². The van der Waals surface area contributed by atoms with Gasteiger partial charge >= 0.3 is 0 Å². The smallest absolute Gasteiger partial charge is 0.126 e. The minimum absolute atomic E-state index is 0.0175. The first kappa shape index (κ1) is 11.9. The molecule has 1 aromatic carbocycles. The van der Waals surface area contributed by atoms with Crippen LogP contribution in [-0.2, 0) is 0 Å². The lowest BCUT2D eigenvalue weighted by Crippen LogP contribution is -2.13. The molecule has 84 valence electrons. The fourth-order valence-electron chi connectivity index (χ4n) is 1.57. The van der Waals surface area contributed by atoms with Gasteiger partial charge in [0.05, 0.1) is 20.3 Å². The van der Waals surface area contributed by atoms with Crippen molar-refractivity contribution in [2.45, 2.75) is 25.9 Å². The van der Waals surface area contributed by atoms with Gasteiger partial charge < -0.3 is 14.6 Å². The van der Waals surface area contributed by atoms with Crippen LogP contribution in [0.5, 0.6) is 11.5 Å². The Morgan fingerprint density at radius 1 is 1.07 bits per heavy atom. The van der Waals surface area contributed by atoms with Crippen LogP contribution in [0.1, 0.15) is 25.3 Å². The molecule has 0 fully saturated rings. The van der Waals surface area contributed by atoms with Gasteiger partial charge in [0, 0.05) is 11.5 Å². The lowest BCUT2D eigenvalue weighted by molar-refractivity contribution is 0.165. The number of ether oxygens (including phenoxy) is 2. The molecule has 0 saturated heterocycles. The minimum Gasteiger partial charge on any atom is -0.496 e. The van der Waals surface area contributed by atoms with Crippen LogP contribution in [0.15, 0.2) is 18.2 Å². The van der Waals surface area contributed by atoms with E-state index in [1.54, 1.807) is 21.1 Å². The second-order valence-corrected chi connectivity index (χ2v) is 3.61. The number of rotatable bonds is 4. The largest absolute Gasteiger partial charge is 0.496 e. The number of hydrogen-bond donors (Lipinski definition) is 1. The van der Waals surface area contributed by atoms with Gasteiger partial charge in [-0.2, -0.15) is 0 Å². The third kappa shape index (κ3) is 2.42. The maximum absolute atomic E-state index is 9.60. The molecule has 0 aromatic heterocycles. The van der Waals surface area contributed by atoms with E-state index < -0.39 is 6.10 Å². The molecule has 0 heterocycles. The van der Waals surface area contributed by atoms with E-state index in [1.807, 2.05) is 25.1 Å². The molecule has 2 atom stereocenters. The SMILES string of the molecule is COc1cccc(OC)c1C(C)C(C)O. The molecule has 0 bridgehead atoms. The average molecular weight is 210 g/mol. The van der Waals surface area contributed by atoms with E-state index in [-0.39, 0.29) is 5.92 Å². The van der Waals surface area contributed by atoms with Crippen LogP contribution in [0.3, 0.4) is 0 Å². The summed E-state index contributed by atoms with van der Waals surface area (Å²) in [6, 6.07) is 5.61. The zero-order valence-electron chi connectivity index (χ0n) is 9.65. The third-order valence-electron chi connectivity index (χ3n) is 2.64. The van der Waals surface area contributed by atoms with Gasteiger partial charge in [-0.3, -0.25) is 0 Å². The lowest BCUT2D eigenvalue weighted by Gasteiger charge is -2.20. The van der Waals surface area contributed by atoms with Crippen molar-refractivity contribution >= 4 is 0 Å². The standard InChI is InChI=1S/C12H18O3/c1-8(9(2)13)12-10(14-3)6-5-7-11(12)15-4/h5-9,13H,1-4H3. The van der Waals surface area contributed by atoms with Crippen LogP contribution in [-0.4, -0.2) is 25.4 Å². The van der Waals surface area contributed by atoms with Crippen LogP contribution in [0.2, 0.25) is 0 Å². The van der Waals surface area contributed by atoms with Gasteiger partial charge in [-0.25, -0.2) is 0 Å². The fourth-order valence-corrected chi connectivity index (χ4v) is 1.57. The molecule has 3 nitrogen and oxygen atoms in total. The highest BCUT2D eigenvalue weighted by Gasteiger charge is 2.20. The van der Waals surface area contributed by atoms with Crippen LogP contribution < -0.4 is 9.47 Å². The van der Waals surface area contributed by atoms with Crippen molar-refractivity contribution in [3.63, 3.8) is 0 Å². The summed E-state index contributed by atoms with van der Waals surface area (Å²) in [6.45, 7) is 3.71. The number of aliphatic hydroxyl groups is 1. The summed E-state index contributed by atoms with van der Waals surface area (Å²) in [5.74, 6) is 1.49. The Morgan fingerprint density at radius 3 is 1.87 bits per heavy atom. The van der Waals surface area contributed by atoms with Crippen molar-refractivity contribution in [2.24, 2.45) is 0 Å². The monoisotopic (exact) mass is 210 g/mol. The van der Waals surface area contributed by atoms with Gasteiger partial charge in [-0.15, -0.1) is 0 Å².